The summed E-state index contributed by atoms with van der Waals surface area (Å²) in [6.45, 7) is 5.76. The number of benzene rings is 1. The standard InChI is InChI=1S/C13H17BrClN/c1-9-5-10(2)16(8-9)13-4-3-12(14)6-11(13)7-15/h3-4,6,9-10H,5,7-8H2,1-2H3. The first kappa shape index (κ1) is 12.3. The Morgan fingerprint density at radius 2 is 2.19 bits per heavy atom. The van der Waals surface area contributed by atoms with Crippen molar-refractivity contribution in [3.05, 3.63) is 28.2 Å². The molecule has 0 amide bonds. The van der Waals surface area contributed by atoms with Crippen LogP contribution in [0.3, 0.4) is 0 Å². The van der Waals surface area contributed by atoms with E-state index in [1.54, 1.807) is 0 Å². The maximum atomic E-state index is 6.02. The zero-order chi connectivity index (χ0) is 11.7. The fourth-order valence-electron chi connectivity index (χ4n) is 2.58. The average Bonchev–Trinajstić information content (AvgIpc) is 2.57. The van der Waals surface area contributed by atoms with Crippen molar-refractivity contribution in [3.63, 3.8) is 0 Å². The summed E-state index contributed by atoms with van der Waals surface area (Å²) in [5, 5.41) is 0. The SMILES string of the molecule is CC1CC(C)N(c2ccc(Br)cc2CCl)C1. The molecule has 0 N–H and O–H groups in total. The number of hydrogen-bond donors (Lipinski definition) is 0. The molecule has 0 radical (unpaired) electrons. The molecule has 0 aliphatic carbocycles. The lowest BCUT2D eigenvalue weighted by atomic mass is 10.1. The van der Waals surface area contributed by atoms with Crippen LogP contribution >= 0.6 is 27.5 Å². The van der Waals surface area contributed by atoms with E-state index in [1.807, 2.05) is 0 Å². The number of hydrogen-bond acceptors (Lipinski definition) is 1. The summed E-state index contributed by atoms with van der Waals surface area (Å²) in [7, 11) is 0. The summed E-state index contributed by atoms with van der Waals surface area (Å²) in [5.74, 6) is 1.36. The molecule has 0 aromatic heterocycles. The third-order valence-electron chi connectivity index (χ3n) is 3.28. The van der Waals surface area contributed by atoms with Gasteiger partial charge in [-0.25, -0.2) is 0 Å². The molecule has 2 atom stereocenters. The zero-order valence-corrected chi connectivity index (χ0v) is 12.1. The molecule has 16 heavy (non-hydrogen) atoms. The summed E-state index contributed by atoms with van der Waals surface area (Å²) in [6, 6.07) is 7.02. The van der Waals surface area contributed by atoms with Gasteiger partial charge in [0.05, 0.1) is 0 Å². The van der Waals surface area contributed by atoms with Gasteiger partial charge in [0.15, 0.2) is 0 Å². The van der Waals surface area contributed by atoms with Gasteiger partial charge in [-0.2, -0.15) is 0 Å². The van der Waals surface area contributed by atoms with E-state index in [9.17, 15) is 0 Å². The van der Waals surface area contributed by atoms with Crippen LogP contribution in [0.1, 0.15) is 25.8 Å². The van der Waals surface area contributed by atoms with Gasteiger partial charge in [0.2, 0.25) is 0 Å². The topological polar surface area (TPSA) is 3.24 Å². The molecule has 1 fully saturated rings. The molecule has 1 aliphatic heterocycles. The molecular weight excluding hydrogens is 286 g/mol. The van der Waals surface area contributed by atoms with E-state index in [1.165, 1.54) is 17.7 Å². The summed E-state index contributed by atoms with van der Waals surface area (Å²) in [6.07, 6.45) is 1.28. The first-order valence-electron chi connectivity index (χ1n) is 5.73. The largest absolute Gasteiger partial charge is 0.368 e. The highest BCUT2D eigenvalue weighted by atomic mass is 79.9. The third kappa shape index (κ3) is 2.38. The molecule has 1 aliphatic rings. The quantitative estimate of drug-likeness (QED) is 0.731. The molecule has 88 valence electrons. The highest BCUT2D eigenvalue weighted by Crippen LogP contribution is 2.33. The van der Waals surface area contributed by atoms with Gasteiger partial charge in [-0.1, -0.05) is 22.9 Å². The number of rotatable bonds is 2. The molecule has 0 spiro atoms. The summed E-state index contributed by atoms with van der Waals surface area (Å²) >= 11 is 9.51. The Labute approximate surface area is 111 Å². The number of anilines is 1. The monoisotopic (exact) mass is 301 g/mol. The Morgan fingerprint density at radius 1 is 1.44 bits per heavy atom. The molecule has 1 saturated heterocycles. The molecule has 0 bridgehead atoms. The Bertz CT molecular complexity index is 380. The average molecular weight is 303 g/mol. The van der Waals surface area contributed by atoms with Gasteiger partial charge in [0.25, 0.3) is 0 Å². The normalized spacial score (nSPS) is 25.1. The van der Waals surface area contributed by atoms with Crippen LogP contribution in [-0.2, 0) is 5.88 Å². The number of alkyl halides is 1. The Balaban J connectivity index is 2.32. The van der Waals surface area contributed by atoms with E-state index in [-0.39, 0.29) is 0 Å². The highest BCUT2D eigenvalue weighted by molar-refractivity contribution is 9.10. The van der Waals surface area contributed by atoms with Gasteiger partial charge in [-0.15, -0.1) is 11.6 Å². The van der Waals surface area contributed by atoms with E-state index < -0.39 is 0 Å². The van der Waals surface area contributed by atoms with Gasteiger partial charge < -0.3 is 4.90 Å². The molecule has 1 heterocycles. The van der Waals surface area contributed by atoms with Crippen molar-refractivity contribution in [3.8, 4) is 0 Å². The lowest BCUT2D eigenvalue weighted by Gasteiger charge is -2.26. The van der Waals surface area contributed by atoms with Crippen LogP contribution in [-0.4, -0.2) is 12.6 Å². The molecule has 1 aromatic carbocycles. The first-order chi connectivity index (χ1) is 7.61. The van der Waals surface area contributed by atoms with Crippen LogP contribution < -0.4 is 4.90 Å². The summed E-state index contributed by atoms with van der Waals surface area (Å²) in [4.78, 5) is 2.48. The second-order valence-electron chi connectivity index (χ2n) is 4.75. The first-order valence-corrected chi connectivity index (χ1v) is 7.05. The van der Waals surface area contributed by atoms with Crippen LogP contribution in [0.5, 0.6) is 0 Å². The van der Waals surface area contributed by atoms with Crippen LogP contribution in [0.15, 0.2) is 22.7 Å². The van der Waals surface area contributed by atoms with Gasteiger partial charge >= 0.3 is 0 Å². The zero-order valence-electron chi connectivity index (χ0n) is 9.71. The smallest absolute Gasteiger partial charge is 0.0494 e. The minimum Gasteiger partial charge on any atom is -0.368 e. The second-order valence-corrected chi connectivity index (χ2v) is 5.93. The van der Waals surface area contributed by atoms with Crippen molar-refractivity contribution in [2.75, 3.05) is 11.4 Å². The van der Waals surface area contributed by atoms with Crippen molar-refractivity contribution in [2.45, 2.75) is 32.2 Å². The van der Waals surface area contributed by atoms with Crippen molar-refractivity contribution < 1.29 is 0 Å². The molecule has 0 saturated carbocycles. The van der Waals surface area contributed by atoms with Gasteiger partial charge in [-0.3, -0.25) is 0 Å². The fraction of sp³-hybridized carbons (Fsp3) is 0.538. The van der Waals surface area contributed by atoms with Crippen molar-refractivity contribution in [2.24, 2.45) is 5.92 Å². The fourth-order valence-corrected chi connectivity index (χ4v) is 3.20. The second kappa shape index (κ2) is 4.97. The van der Waals surface area contributed by atoms with E-state index in [0.29, 0.717) is 11.9 Å². The third-order valence-corrected chi connectivity index (χ3v) is 4.06. The van der Waals surface area contributed by atoms with E-state index in [4.69, 9.17) is 11.6 Å². The minimum absolute atomic E-state index is 0.576. The van der Waals surface area contributed by atoms with Crippen LogP contribution in [0, 0.1) is 5.92 Å². The molecule has 3 heteroatoms. The Morgan fingerprint density at radius 3 is 2.75 bits per heavy atom. The van der Waals surface area contributed by atoms with Gasteiger partial charge in [-0.05, 0) is 43.0 Å². The predicted octanol–water partition coefficient (Wildman–Crippen LogP) is 4.42. The van der Waals surface area contributed by atoms with Crippen LogP contribution in [0.2, 0.25) is 0 Å². The maximum absolute atomic E-state index is 6.02. The summed E-state index contributed by atoms with van der Waals surface area (Å²) in [5.41, 5.74) is 2.52. The Hall–Kier alpha value is -0.210. The van der Waals surface area contributed by atoms with Gasteiger partial charge in [0.1, 0.15) is 0 Å². The van der Waals surface area contributed by atoms with Crippen LogP contribution in [0.25, 0.3) is 0 Å². The molecule has 1 nitrogen and oxygen atoms in total. The maximum Gasteiger partial charge on any atom is 0.0494 e. The van der Waals surface area contributed by atoms with E-state index >= 15 is 0 Å². The lowest BCUT2D eigenvalue weighted by Crippen LogP contribution is -2.27. The van der Waals surface area contributed by atoms with E-state index in [0.717, 1.165) is 16.9 Å². The number of nitrogens with zero attached hydrogens (tertiary/aromatic N) is 1. The molecule has 2 unspecified atom stereocenters. The number of halogens is 2. The van der Waals surface area contributed by atoms with Crippen LogP contribution in [0.4, 0.5) is 5.69 Å². The Kier molecular flexibility index (Phi) is 3.81. The summed E-state index contributed by atoms with van der Waals surface area (Å²) < 4.78 is 1.10. The predicted molar refractivity (Wildman–Crippen MR) is 74.3 cm³/mol. The van der Waals surface area contributed by atoms with Crippen molar-refractivity contribution in [1.29, 1.82) is 0 Å². The molecular formula is C13H17BrClN. The molecule has 1 aromatic rings. The highest BCUT2D eigenvalue weighted by Gasteiger charge is 2.27. The molecule has 2 rings (SSSR count). The lowest BCUT2D eigenvalue weighted by molar-refractivity contribution is 0.625. The van der Waals surface area contributed by atoms with Gasteiger partial charge in [0, 0.05) is 28.6 Å². The van der Waals surface area contributed by atoms with E-state index in [2.05, 4.69) is 52.9 Å². The minimum atomic E-state index is 0.576. The van der Waals surface area contributed by atoms with Crippen molar-refractivity contribution in [1.82, 2.24) is 0 Å². The van der Waals surface area contributed by atoms with Crippen molar-refractivity contribution >= 4 is 33.2 Å².